The Bertz CT molecular complexity index is 999. The summed E-state index contributed by atoms with van der Waals surface area (Å²) in [7, 11) is -4.75. The van der Waals surface area contributed by atoms with Gasteiger partial charge >= 0.3 is 11.5 Å². The summed E-state index contributed by atoms with van der Waals surface area (Å²) in [6.45, 7) is 0. The number of carbonyl (C=O) groups excluding carboxylic acids is 1. The lowest BCUT2D eigenvalue weighted by atomic mass is 9.93. The van der Waals surface area contributed by atoms with Gasteiger partial charge in [-0.25, -0.2) is 13.2 Å². The molecule has 0 spiro atoms. The topological polar surface area (TPSA) is 69.7 Å². The molecule has 3 rings (SSSR count). The Labute approximate surface area is 159 Å². The summed E-state index contributed by atoms with van der Waals surface area (Å²) in [5, 5.41) is 0. The number of hydrogen-bond donors (Lipinski definition) is 0. The van der Waals surface area contributed by atoms with Crippen LogP contribution in [0, 0.1) is 0 Å². The molecule has 0 saturated carbocycles. The maximum atomic E-state index is 13.5. The van der Waals surface area contributed by atoms with Gasteiger partial charge in [0.25, 0.3) is 9.84 Å². The van der Waals surface area contributed by atoms with E-state index >= 15 is 0 Å². The van der Waals surface area contributed by atoms with Crippen LogP contribution in [0.15, 0.2) is 65.6 Å². The Balaban J connectivity index is 2.32. The van der Waals surface area contributed by atoms with E-state index in [2.05, 4.69) is 4.74 Å². The zero-order valence-corrected chi connectivity index (χ0v) is 15.3. The largest absolute Gasteiger partial charge is 0.501 e. The van der Waals surface area contributed by atoms with Gasteiger partial charge in [-0.15, -0.1) is 0 Å². The molecule has 0 fully saturated rings. The van der Waals surface area contributed by atoms with Crippen molar-refractivity contribution < 1.29 is 35.9 Å². The van der Waals surface area contributed by atoms with Crippen LogP contribution in [0.4, 0.5) is 13.2 Å². The van der Waals surface area contributed by atoms with Crippen LogP contribution in [-0.2, 0) is 24.1 Å². The van der Waals surface area contributed by atoms with Gasteiger partial charge in [0.05, 0.1) is 13.0 Å². The van der Waals surface area contributed by atoms with E-state index in [1.807, 2.05) is 0 Å². The van der Waals surface area contributed by atoms with Gasteiger partial charge in [-0.2, -0.15) is 13.2 Å². The minimum absolute atomic E-state index is 0.109. The van der Waals surface area contributed by atoms with Crippen molar-refractivity contribution in [3.8, 4) is 0 Å². The molecule has 0 saturated heterocycles. The van der Waals surface area contributed by atoms with Crippen molar-refractivity contribution >= 4 is 21.6 Å². The number of rotatable bonds is 4. The number of hydrogen-bond acceptors (Lipinski definition) is 5. The molecule has 0 N–H and O–H groups in total. The molecular formula is C19H15F3O5S. The minimum Gasteiger partial charge on any atom is -0.476 e. The van der Waals surface area contributed by atoms with E-state index in [1.54, 1.807) is 12.1 Å². The summed E-state index contributed by atoms with van der Waals surface area (Å²) in [5.41, 5.74) is -5.27. The second-order valence-corrected chi connectivity index (χ2v) is 7.87. The van der Waals surface area contributed by atoms with Crippen molar-refractivity contribution in [3.05, 3.63) is 76.7 Å². The molecule has 2 aromatic rings. The lowest BCUT2D eigenvalue weighted by molar-refractivity contribution is -0.149. The quantitative estimate of drug-likeness (QED) is 0.717. The number of carbonyl (C=O) groups is 1. The van der Waals surface area contributed by atoms with Crippen LogP contribution in [-0.4, -0.2) is 33.1 Å². The molecule has 0 aromatic heterocycles. The van der Waals surface area contributed by atoms with Gasteiger partial charge in [-0.3, -0.25) is 0 Å². The number of benzene rings is 2. The van der Waals surface area contributed by atoms with Gasteiger partial charge in [0.2, 0.25) is 6.10 Å². The highest BCUT2D eigenvalue weighted by Crippen LogP contribution is 2.49. The highest BCUT2D eigenvalue weighted by molar-refractivity contribution is 7.96. The summed E-state index contributed by atoms with van der Waals surface area (Å²) in [5.74, 6) is -2.99. The zero-order chi connectivity index (χ0) is 20.5. The Morgan fingerprint density at radius 2 is 1.54 bits per heavy atom. The van der Waals surface area contributed by atoms with Gasteiger partial charge in [-0.05, 0) is 5.56 Å². The molecule has 0 amide bonds. The first kappa shape index (κ1) is 19.9. The third-order valence-corrected chi connectivity index (χ3v) is 5.90. The minimum atomic E-state index is -5.80. The number of halogens is 3. The first-order valence-electron chi connectivity index (χ1n) is 8.09. The monoisotopic (exact) mass is 412 g/mol. The summed E-state index contributed by atoms with van der Waals surface area (Å²) in [4.78, 5) is 11.2. The van der Waals surface area contributed by atoms with E-state index in [1.165, 1.54) is 48.5 Å². The maximum Gasteiger partial charge on any atom is 0.501 e. The molecule has 0 radical (unpaired) electrons. The molecule has 28 heavy (non-hydrogen) atoms. The second kappa shape index (κ2) is 7.31. The summed E-state index contributed by atoms with van der Waals surface area (Å²) < 4.78 is 75.5. The van der Waals surface area contributed by atoms with Crippen molar-refractivity contribution in [2.45, 2.75) is 17.5 Å². The molecule has 2 atom stereocenters. The summed E-state index contributed by atoms with van der Waals surface area (Å²) >= 11 is 0. The van der Waals surface area contributed by atoms with Gasteiger partial charge in [-0.1, -0.05) is 60.7 Å². The lowest BCUT2D eigenvalue weighted by Crippen LogP contribution is -2.32. The second-order valence-electron chi connectivity index (χ2n) is 5.96. The number of methoxy groups -OCH3 is 1. The van der Waals surface area contributed by atoms with Crippen LogP contribution in [0.3, 0.4) is 0 Å². The fourth-order valence-corrected chi connectivity index (χ4v) is 4.29. The van der Waals surface area contributed by atoms with Crippen molar-refractivity contribution in [1.82, 2.24) is 0 Å². The molecule has 0 bridgehead atoms. The Kier molecular flexibility index (Phi) is 5.20. The van der Waals surface area contributed by atoms with Crippen LogP contribution in [0.2, 0.25) is 0 Å². The zero-order valence-electron chi connectivity index (χ0n) is 14.5. The number of alkyl halides is 3. The Morgan fingerprint density at radius 1 is 1.00 bits per heavy atom. The first-order chi connectivity index (χ1) is 13.2. The fourth-order valence-electron chi connectivity index (χ4n) is 3.03. The van der Waals surface area contributed by atoms with Gasteiger partial charge < -0.3 is 9.47 Å². The van der Waals surface area contributed by atoms with E-state index in [0.29, 0.717) is 0 Å². The average Bonchev–Trinajstić information content (AvgIpc) is 3.09. The predicted molar refractivity (Wildman–Crippen MR) is 94.4 cm³/mol. The van der Waals surface area contributed by atoms with Crippen molar-refractivity contribution in [2.75, 3.05) is 7.11 Å². The van der Waals surface area contributed by atoms with Crippen molar-refractivity contribution in [3.63, 3.8) is 0 Å². The maximum absolute atomic E-state index is 13.5. The Hall–Kier alpha value is -2.81. The van der Waals surface area contributed by atoms with Crippen LogP contribution in [0.1, 0.15) is 17.0 Å². The smallest absolute Gasteiger partial charge is 0.476 e. The first-order valence-corrected chi connectivity index (χ1v) is 9.57. The normalized spacial score (nSPS) is 20.0. The molecule has 148 valence electrons. The van der Waals surface area contributed by atoms with Gasteiger partial charge in [0.1, 0.15) is 10.7 Å². The van der Waals surface area contributed by atoms with E-state index < -0.39 is 44.0 Å². The molecule has 5 nitrogen and oxygen atoms in total. The fraction of sp³-hybridized carbons (Fsp3) is 0.211. The molecule has 1 aliphatic rings. The van der Waals surface area contributed by atoms with E-state index in [4.69, 9.17) is 4.74 Å². The SMILES string of the molecule is COC(=O)[C@@H]1OC(c2ccccc2)=C(S(=O)(=O)C(F)(F)F)[C@H]1c1ccccc1. The molecule has 1 heterocycles. The van der Waals surface area contributed by atoms with Crippen LogP contribution in [0.5, 0.6) is 0 Å². The molecule has 2 aromatic carbocycles. The van der Waals surface area contributed by atoms with Crippen LogP contribution >= 0.6 is 0 Å². The molecular weight excluding hydrogens is 397 g/mol. The third kappa shape index (κ3) is 3.37. The number of sulfone groups is 1. The summed E-state index contributed by atoms with van der Waals surface area (Å²) in [6, 6.07) is 15.0. The van der Waals surface area contributed by atoms with Crippen molar-refractivity contribution in [2.24, 2.45) is 0 Å². The van der Waals surface area contributed by atoms with E-state index in [9.17, 15) is 26.4 Å². The standard InChI is InChI=1S/C19H15F3O5S/c1-26-18(23)16-14(12-8-4-2-5-9-12)17(28(24,25)19(20,21)22)15(27-16)13-10-6-3-7-11-13/h2-11,14,16H,1H3/t14-,16+/m0/s1. The van der Waals surface area contributed by atoms with Crippen LogP contribution in [0.25, 0.3) is 5.76 Å². The lowest BCUT2D eigenvalue weighted by Gasteiger charge is -2.20. The van der Waals surface area contributed by atoms with E-state index in [-0.39, 0.29) is 11.1 Å². The molecule has 9 heteroatoms. The average molecular weight is 412 g/mol. The molecule has 1 aliphatic heterocycles. The Morgan fingerprint density at radius 3 is 2.04 bits per heavy atom. The van der Waals surface area contributed by atoms with Crippen molar-refractivity contribution in [1.29, 1.82) is 0 Å². The predicted octanol–water partition coefficient (Wildman–Crippen LogP) is 3.65. The van der Waals surface area contributed by atoms with E-state index in [0.717, 1.165) is 7.11 Å². The summed E-state index contributed by atoms with van der Waals surface area (Å²) in [6.07, 6.45) is -1.57. The third-order valence-electron chi connectivity index (χ3n) is 4.28. The number of esters is 1. The highest BCUT2D eigenvalue weighted by atomic mass is 32.2. The van der Waals surface area contributed by atoms with Gasteiger partial charge in [0, 0.05) is 5.56 Å². The number of ether oxygens (including phenoxy) is 2. The highest BCUT2D eigenvalue weighted by Gasteiger charge is 2.57. The van der Waals surface area contributed by atoms with Gasteiger partial charge in [0.15, 0.2) is 0 Å². The molecule has 0 aliphatic carbocycles. The van der Waals surface area contributed by atoms with Crippen LogP contribution < -0.4 is 0 Å². The molecule has 0 unspecified atom stereocenters.